The maximum absolute atomic E-state index is 13.8. The lowest BCUT2D eigenvalue weighted by atomic mass is 9.72. The Bertz CT molecular complexity index is 1000. The molecule has 44 heavy (non-hydrogen) atoms. The molecular formula is C35H59N3O6. The van der Waals surface area contributed by atoms with Gasteiger partial charge in [-0.15, -0.1) is 0 Å². The second kappa shape index (κ2) is 14.3. The number of hydrogen-bond acceptors (Lipinski definition) is 6. The Balaban J connectivity index is 1.09. The summed E-state index contributed by atoms with van der Waals surface area (Å²) >= 11 is 0. The number of carbonyl (C=O) groups excluding carboxylic acids is 2. The van der Waals surface area contributed by atoms with Gasteiger partial charge in [-0.1, -0.05) is 32.1 Å². The summed E-state index contributed by atoms with van der Waals surface area (Å²) < 4.78 is 5.42. The minimum atomic E-state index is -1.70. The maximum Gasteiger partial charge on any atom is 0.407 e. The summed E-state index contributed by atoms with van der Waals surface area (Å²) in [5.41, 5.74) is -2.18. The van der Waals surface area contributed by atoms with E-state index < -0.39 is 17.2 Å². The fourth-order valence-corrected chi connectivity index (χ4v) is 9.51. The van der Waals surface area contributed by atoms with Gasteiger partial charge in [0, 0.05) is 38.1 Å². The molecule has 0 radical (unpaired) electrons. The van der Waals surface area contributed by atoms with E-state index in [1.165, 1.54) is 12.8 Å². The molecule has 9 nitrogen and oxygen atoms in total. The van der Waals surface area contributed by atoms with Crippen molar-refractivity contribution in [2.24, 2.45) is 35.5 Å². The molecule has 2 saturated heterocycles. The number of nitrogens with zero attached hydrogens (tertiary/aromatic N) is 2. The van der Waals surface area contributed by atoms with Crippen molar-refractivity contribution in [3.63, 3.8) is 0 Å². The molecule has 6 atom stereocenters. The highest BCUT2D eigenvalue weighted by Gasteiger charge is 2.50. The van der Waals surface area contributed by atoms with Crippen LogP contribution in [0.4, 0.5) is 4.79 Å². The molecule has 2 aliphatic heterocycles. The molecule has 2 heterocycles. The number of rotatable bonds is 8. The number of likely N-dealkylation sites (tertiary alicyclic amines) is 2. The molecular weight excluding hydrogens is 558 g/mol. The monoisotopic (exact) mass is 617 g/mol. The van der Waals surface area contributed by atoms with Gasteiger partial charge in [0.15, 0.2) is 5.60 Å². The standard InChI is InChI=1S/C35H59N3O6/c1-34(2,3)44-33(42)36-22-24-8-7-9-27(20-24)25-14-17-37(18-15-25)31(39)28-13-12-26-16-19-38(30(26)21-28)23-35(43,32(40)41)29-10-5-4-6-11-29/h24-30,43H,4-23H2,1-3H3,(H,36,42)(H,40,41). The summed E-state index contributed by atoms with van der Waals surface area (Å²) in [6, 6.07) is 0.193. The van der Waals surface area contributed by atoms with E-state index in [-0.39, 0.29) is 36.4 Å². The zero-order valence-corrected chi connectivity index (χ0v) is 27.6. The van der Waals surface area contributed by atoms with Gasteiger partial charge in [-0.3, -0.25) is 9.69 Å². The maximum atomic E-state index is 13.8. The lowest BCUT2D eigenvalue weighted by Gasteiger charge is -2.43. The summed E-state index contributed by atoms with van der Waals surface area (Å²) in [6.45, 7) is 8.99. The Morgan fingerprint density at radius 3 is 2.18 bits per heavy atom. The quantitative estimate of drug-likeness (QED) is 0.332. The minimum Gasteiger partial charge on any atom is -0.479 e. The molecule has 2 amide bonds. The Labute approximate surface area is 264 Å². The predicted molar refractivity (Wildman–Crippen MR) is 169 cm³/mol. The number of ether oxygens (including phenoxy) is 1. The van der Waals surface area contributed by atoms with Crippen LogP contribution in [0.2, 0.25) is 0 Å². The van der Waals surface area contributed by atoms with Gasteiger partial charge < -0.3 is 25.2 Å². The van der Waals surface area contributed by atoms with Crippen molar-refractivity contribution in [2.75, 3.05) is 32.7 Å². The average molecular weight is 618 g/mol. The summed E-state index contributed by atoms with van der Waals surface area (Å²) in [4.78, 5) is 42.6. The van der Waals surface area contributed by atoms with Crippen molar-refractivity contribution < 1.29 is 29.3 Å². The van der Waals surface area contributed by atoms with Crippen LogP contribution in [0, 0.1) is 35.5 Å². The van der Waals surface area contributed by atoms with Crippen LogP contribution in [0.3, 0.4) is 0 Å². The molecule has 5 fully saturated rings. The van der Waals surface area contributed by atoms with Crippen LogP contribution < -0.4 is 5.32 Å². The van der Waals surface area contributed by atoms with Gasteiger partial charge in [0.25, 0.3) is 0 Å². The molecule has 3 saturated carbocycles. The first kappa shape index (κ1) is 33.5. The third-order valence-electron chi connectivity index (χ3n) is 11.9. The third-order valence-corrected chi connectivity index (χ3v) is 11.9. The van der Waals surface area contributed by atoms with Gasteiger partial charge in [-0.2, -0.15) is 0 Å². The van der Waals surface area contributed by atoms with E-state index in [4.69, 9.17) is 4.74 Å². The summed E-state index contributed by atoms with van der Waals surface area (Å²) in [7, 11) is 0. The lowest BCUT2D eigenvalue weighted by Crippen LogP contribution is -2.56. The largest absolute Gasteiger partial charge is 0.479 e. The van der Waals surface area contributed by atoms with E-state index in [0.717, 1.165) is 103 Å². The van der Waals surface area contributed by atoms with Gasteiger partial charge in [-0.05, 0) is 121 Å². The Morgan fingerprint density at radius 2 is 1.50 bits per heavy atom. The van der Waals surface area contributed by atoms with Crippen molar-refractivity contribution >= 4 is 18.0 Å². The molecule has 3 N–H and O–H groups in total. The number of amides is 2. The number of carbonyl (C=O) groups is 3. The topological polar surface area (TPSA) is 119 Å². The molecule has 0 aromatic rings. The summed E-state index contributed by atoms with van der Waals surface area (Å²) in [5.74, 6) is 1.31. The first-order valence-corrected chi connectivity index (χ1v) is 17.9. The van der Waals surface area contributed by atoms with Crippen molar-refractivity contribution in [3.8, 4) is 0 Å². The third kappa shape index (κ3) is 8.09. The minimum absolute atomic E-state index is 0.000934. The average Bonchev–Trinajstić information content (AvgIpc) is 3.41. The molecule has 0 bridgehead atoms. The molecule has 3 aliphatic carbocycles. The fraction of sp³-hybridized carbons (Fsp3) is 0.914. The van der Waals surface area contributed by atoms with Crippen LogP contribution in [0.15, 0.2) is 0 Å². The van der Waals surface area contributed by atoms with Gasteiger partial charge >= 0.3 is 12.1 Å². The molecule has 9 heteroatoms. The molecule has 0 aromatic carbocycles. The molecule has 6 unspecified atom stereocenters. The van der Waals surface area contributed by atoms with Crippen LogP contribution in [0.25, 0.3) is 0 Å². The van der Waals surface area contributed by atoms with E-state index in [2.05, 4.69) is 15.1 Å². The number of hydrogen-bond donors (Lipinski definition) is 3. The van der Waals surface area contributed by atoms with E-state index >= 15 is 0 Å². The zero-order valence-electron chi connectivity index (χ0n) is 27.6. The van der Waals surface area contributed by atoms with E-state index in [0.29, 0.717) is 30.2 Å². The summed E-state index contributed by atoms with van der Waals surface area (Å²) in [6.07, 6.45) is 14.9. The number of carboxylic acids is 1. The SMILES string of the molecule is CC(C)(C)OC(=O)NCC1CCCC(C2CCN(C(=O)C3CCC4CCN(CC(O)(C(=O)O)C5CCCCC5)C4C3)CC2)C1. The number of carboxylic acid groups (broad SMARTS) is 1. The van der Waals surface area contributed by atoms with Gasteiger partial charge in [-0.25, -0.2) is 9.59 Å². The highest BCUT2D eigenvalue weighted by atomic mass is 16.6. The molecule has 0 aromatic heterocycles. The normalized spacial score (nSPS) is 32.5. The number of β-amino-alcohol motifs (C(OH)–C–C–N with tert-alkyl or cyclic N) is 1. The number of aliphatic hydroxyl groups is 1. The van der Waals surface area contributed by atoms with Crippen molar-refractivity contribution in [1.29, 1.82) is 0 Å². The van der Waals surface area contributed by atoms with Gasteiger partial charge in [0.1, 0.15) is 5.60 Å². The molecule has 0 spiro atoms. The molecule has 5 rings (SSSR count). The van der Waals surface area contributed by atoms with Crippen LogP contribution in [-0.2, 0) is 14.3 Å². The van der Waals surface area contributed by atoms with Gasteiger partial charge in [0.05, 0.1) is 0 Å². The van der Waals surface area contributed by atoms with E-state index in [9.17, 15) is 24.6 Å². The van der Waals surface area contributed by atoms with Gasteiger partial charge in [0.2, 0.25) is 5.91 Å². The zero-order chi connectivity index (χ0) is 31.5. The predicted octanol–water partition coefficient (Wildman–Crippen LogP) is 5.44. The Morgan fingerprint density at radius 1 is 0.795 bits per heavy atom. The van der Waals surface area contributed by atoms with Crippen LogP contribution in [-0.4, -0.2) is 88.0 Å². The van der Waals surface area contributed by atoms with Crippen molar-refractivity contribution in [3.05, 3.63) is 0 Å². The van der Waals surface area contributed by atoms with Crippen LogP contribution >= 0.6 is 0 Å². The smallest absolute Gasteiger partial charge is 0.407 e. The highest BCUT2D eigenvalue weighted by Crippen LogP contribution is 2.43. The second-order valence-corrected chi connectivity index (χ2v) is 16.0. The number of alkyl carbamates (subject to hydrolysis) is 1. The number of fused-ring (bicyclic) bond motifs is 1. The van der Waals surface area contributed by atoms with E-state index in [1.807, 2.05) is 20.8 Å². The first-order chi connectivity index (χ1) is 20.9. The van der Waals surface area contributed by atoms with Crippen LogP contribution in [0.1, 0.15) is 117 Å². The van der Waals surface area contributed by atoms with E-state index in [1.54, 1.807) is 0 Å². The first-order valence-electron chi connectivity index (χ1n) is 17.9. The second-order valence-electron chi connectivity index (χ2n) is 16.0. The van der Waals surface area contributed by atoms with Crippen LogP contribution in [0.5, 0.6) is 0 Å². The van der Waals surface area contributed by atoms with Crippen molar-refractivity contribution in [2.45, 2.75) is 134 Å². The number of nitrogens with one attached hydrogen (secondary N) is 1. The van der Waals surface area contributed by atoms with Crippen molar-refractivity contribution in [1.82, 2.24) is 15.1 Å². The summed E-state index contributed by atoms with van der Waals surface area (Å²) in [5, 5.41) is 24.5. The number of aliphatic carboxylic acids is 1. The Kier molecular flexibility index (Phi) is 10.9. The molecule has 5 aliphatic rings. The number of piperidine rings is 1. The highest BCUT2D eigenvalue weighted by molar-refractivity contribution is 5.79. The lowest BCUT2D eigenvalue weighted by molar-refractivity contribution is -0.170. The Hall–Kier alpha value is -1.87. The molecule has 250 valence electrons. The fourth-order valence-electron chi connectivity index (χ4n) is 9.51.